The maximum atomic E-state index is 12.4. The fraction of sp³-hybridized carbons (Fsp3) is 0.250. The molecule has 0 fully saturated rings. The van der Waals surface area contributed by atoms with Gasteiger partial charge in [0, 0.05) is 3.57 Å². The summed E-state index contributed by atoms with van der Waals surface area (Å²) in [6.45, 7) is 0. The lowest BCUT2D eigenvalue weighted by molar-refractivity contribution is 0.0684. The van der Waals surface area contributed by atoms with E-state index in [0.29, 0.717) is 0 Å². The van der Waals surface area contributed by atoms with Gasteiger partial charge in [0.05, 0.1) is 7.11 Å². The molecule has 0 saturated carbocycles. The quantitative estimate of drug-likeness (QED) is 0.865. The normalized spacial score (nSPS) is 10.5. The van der Waals surface area contributed by atoms with Gasteiger partial charge >= 0.3 is 5.97 Å². The highest BCUT2D eigenvalue weighted by molar-refractivity contribution is 14.1. The van der Waals surface area contributed by atoms with Gasteiger partial charge in [0.2, 0.25) is 0 Å². The van der Waals surface area contributed by atoms with Gasteiger partial charge in [-0.2, -0.15) is 0 Å². The van der Waals surface area contributed by atoms with Gasteiger partial charge in [0.1, 0.15) is 5.69 Å². The molecule has 0 spiro atoms. The number of rotatable bonds is 3. The van der Waals surface area contributed by atoms with Crippen molar-refractivity contribution in [2.45, 2.75) is 6.43 Å². The average Bonchev–Trinajstić information content (AvgIpc) is 2.16. The molecule has 7 heteroatoms. The third-order valence-electron chi connectivity index (χ3n) is 1.60. The van der Waals surface area contributed by atoms with Crippen molar-refractivity contribution in [1.82, 2.24) is 4.98 Å². The minimum absolute atomic E-state index is 0.0312. The Hall–Kier alpha value is -0.990. The summed E-state index contributed by atoms with van der Waals surface area (Å²) in [6.07, 6.45) is -2.80. The highest BCUT2D eigenvalue weighted by atomic mass is 127. The number of halogens is 3. The molecule has 0 saturated heterocycles. The zero-order chi connectivity index (χ0) is 11.6. The molecule has 0 aliphatic heterocycles. The number of aromatic nitrogens is 1. The van der Waals surface area contributed by atoms with E-state index < -0.39 is 23.8 Å². The van der Waals surface area contributed by atoms with Crippen molar-refractivity contribution in [2.24, 2.45) is 0 Å². The summed E-state index contributed by atoms with van der Waals surface area (Å²) in [5, 5.41) is 8.70. The van der Waals surface area contributed by atoms with Crippen molar-refractivity contribution in [3.8, 4) is 5.75 Å². The Kier molecular flexibility index (Phi) is 3.77. The van der Waals surface area contributed by atoms with Crippen LogP contribution in [-0.4, -0.2) is 23.2 Å². The van der Waals surface area contributed by atoms with Crippen LogP contribution in [-0.2, 0) is 0 Å². The standard InChI is InChI=1S/C8H6F2INO3/c1-15-4-2-3(11)5(7(9)10)12-6(4)8(13)14/h2,7H,1H3,(H,13,14). The predicted octanol–water partition coefficient (Wildman–Crippen LogP) is 2.33. The largest absolute Gasteiger partial charge is 0.494 e. The molecule has 1 N–H and O–H groups in total. The Morgan fingerprint density at radius 1 is 1.67 bits per heavy atom. The smallest absolute Gasteiger partial charge is 0.358 e. The first kappa shape index (κ1) is 12.1. The number of alkyl halides is 2. The molecule has 1 heterocycles. The van der Waals surface area contributed by atoms with Crippen LogP contribution in [0.1, 0.15) is 22.6 Å². The molecular weight excluding hydrogens is 323 g/mol. The summed E-state index contributed by atoms with van der Waals surface area (Å²) in [5.41, 5.74) is -1.05. The Morgan fingerprint density at radius 3 is 2.67 bits per heavy atom. The summed E-state index contributed by atoms with van der Waals surface area (Å²) in [6, 6.07) is 1.22. The highest BCUT2D eigenvalue weighted by Gasteiger charge is 2.21. The van der Waals surface area contributed by atoms with E-state index in [1.54, 1.807) is 22.6 Å². The minimum Gasteiger partial charge on any atom is -0.494 e. The number of nitrogens with zero attached hydrogens (tertiary/aromatic N) is 1. The molecule has 15 heavy (non-hydrogen) atoms. The molecule has 1 rings (SSSR count). The number of hydrogen-bond acceptors (Lipinski definition) is 3. The maximum absolute atomic E-state index is 12.4. The van der Waals surface area contributed by atoms with Crippen LogP contribution in [0.3, 0.4) is 0 Å². The topological polar surface area (TPSA) is 59.4 Å². The van der Waals surface area contributed by atoms with E-state index in [0.717, 1.165) is 0 Å². The zero-order valence-electron chi connectivity index (χ0n) is 7.50. The SMILES string of the molecule is COc1cc(I)c(C(F)F)nc1C(=O)O. The van der Waals surface area contributed by atoms with Gasteiger partial charge in [-0.3, -0.25) is 0 Å². The first-order valence-electron chi connectivity index (χ1n) is 3.73. The molecular formula is C8H6F2INO3. The number of carboxylic acids is 1. The van der Waals surface area contributed by atoms with Gasteiger partial charge in [-0.1, -0.05) is 0 Å². The number of carbonyl (C=O) groups is 1. The molecule has 0 unspecified atom stereocenters. The molecule has 0 aliphatic carbocycles. The summed E-state index contributed by atoms with van der Waals surface area (Å²) in [4.78, 5) is 14.0. The van der Waals surface area contributed by atoms with Crippen molar-refractivity contribution in [1.29, 1.82) is 0 Å². The van der Waals surface area contributed by atoms with Crippen LogP contribution in [0.2, 0.25) is 0 Å². The average molecular weight is 329 g/mol. The van der Waals surface area contributed by atoms with Gasteiger partial charge in [0.15, 0.2) is 11.4 Å². The number of pyridine rings is 1. The molecule has 1 aromatic heterocycles. The van der Waals surface area contributed by atoms with E-state index in [9.17, 15) is 13.6 Å². The number of hydrogen-bond donors (Lipinski definition) is 1. The van der Waals surface area contributed by atoms with E-state index in [2.05, 4.69) is 4.98 Å². The van der Waals surface area contributed by atoms with Crippen LogP contribution in [0, 0.1) is 3.57 Å². The van der Waals surface area contributed by atoms with Gasteiger partial charge in [-0.15, -0.1) is 0 Å². The van der Waals surface area contributed by atoms with Crippen LogP contribution in [0.25, 0.3) is 0 Å². The number of carboxylic acid groups (broad SMARTS) is 1. The van der Waals surface area contributed by atoms with E-state index in [-0.39, 0.29) is 9.32 Å². The third kappa shape index (κ3) is 2.52. The minimum atomic E-state index is -2.80. The number of methoxy groups -OCH3 is 1. The van der Waals surface area contributed by atoms with Crippen molar-refractivity contribution >= 4 is 28.6 Å². The Labute approximate surface area is 97.4 Å². The number of aromatic carboxylic acids is 1. The predicted molar refractivity (Wildman–Crippen MR) is 55.4 cm³/mol. The lowest BCUT2D eigenvalue weighted by Gasteiger charge is -2.08. The monoisotopic (exact) mass is 329 g/mol. The summed E-state index contributed by atoms with van der Waals surface area (Å²) >= 11 is 1.65. The molecule has 0 amide bonds. The van der Waals surface area contributed by atoms with Crippen molar-refractivity contribution in [3.63, 3.8) is 0 Å². The Bertz CT molecular complexity index is 398. The summed E-state index contributed by atoms with van der Waals surface area (Å²) < 4.78 is 29.7. The third-order valence-corrected chi connectivity index (χ3v) is 2.46. The molecule has 0 aromatic carbocycles. The maximum Gasteiger partial charge on any atom is 0.358 e. The van der Waals surface area contributed by atoms with E-state index >= 15 is 0 Å². The van der Waals surface area contributed by atoms with E-state index in [1.165, 1.54) is 13.2 Å². The molecule has 1 aromatic rings. The van der Waals surface area contributed by atoms with E-state index in [4.69, 9.17) is 9.84 Å². The summed E-state index contributed by atoms with van der Waals surface area (Å²) in [5.74, 6) is -1.43. The van der Waals surface area contributed by atoms with Crippen LogP contribution in [0.15, 0.2) is 6.07 Å². The second-order valence-electron chi connectivity index (χ2n) is 2.51. The van der Waals surface area contributed by atoms with Crippen molar-refractivity contribution in [2.75, 3.05) is 7.11 Å². The van der Waals surface area contributed by atoms with Crippen molar-refractivity contribution < 1.29 is 23.4 Å². The van der Waals surface area contributed by atoms with Gasteiger partial charge in [0.25, 0.3) is 6.43 Å². The van der Waals surface area contributed by atoms with Crippen LogP contribution in [0.5, 0.6) is 5.75 Å². The zero-order valence-corrected chi connectivity index (χ0v) is 9.66. The Balaban J connectivity index is 3.37. The summed E-state index contributed by atoms with van der Waals surface area (Å²) in [7, 11) is 1.25. The van der Waals surface area contributed by atoms with Gasteiger partial charge in [-0.05, 0) is 28.7 Å². The molecule has 4 nitrogen and oxygen atoms in total. The Morgan fingerprint density at radius 2 is 2.27 bits per heavy atom. The molecule has 0 bridgehead atoms. The first-order chi connectivity index (χ1) is 6.97. The first-order valence-corrected chi connectivity index (χ1v) is 4.81. The second kappa shape index (κ2) is 4.69. The fourth-order valence-corrected chi connectivity index (χ4v) is 1.59. The molecule has 0 atom stereocenters. The lowest BCUT2D eigenvalue weighted by atomic mass is 10.3. The van der Waals surface area contributed by atoms with Crippen LogP contribution in [0.4, 0.5) is 8.78 Å². The fourth-order valence-electron chi connectivity index (χ4n) is 0.948. The molecule has 0 radical (unpaired) electrons. The van der Waals surface area contributed by atoms with Crippen LogP contribution >= 0.6 is 22.6 Å². The van der Waals surface area contributed by atoms with Gasteiger partial charge < -0.3 is 9.84 Å². The lowest BCUT2D eigenvalue weighted by Crippen LogP contribution is -2.08. The second-order valence-corrected chi connectivity index (χ2v) is 3.67. The molecule has 82 valence electrons. The molecule has 0 aliphatic rings. The van der Waals surface area contributed by atoms with E-state index in [1.807, 2.05) is 0 Å². The van der Waals surface area contributed by atoms with Crippen molar-refractivity contribution in [3.05, 3.63) is 21.0 Å². The number of ether oxygens (including phenoxy) is 1. The van der Waals surface area contributed by atoms with Gasteiger partial charge in [-0.25, -0.2) is 18.6 Å². The highest BCUT2D eigenvalue weighted by Crippen LogP contribution is 2.28. The van der Waals surface area contributed by atoms with Crippen LogP contribution < -0.4 is 4.74 Å².